The van der Waals surface area contributed by atoms with Crippen molar-refractivity contribution in [3.63, 3.8) is 0 Å². The van der Waals surface area contributed by atoms with Crippen LogP contribution in [0, 0.1) is 23.1 Å². The molecular weight excluding hydrogens is 363 g/mol. The maximum absolute atomic E-state index is 13.5. The van der Waals surface area contributed by atoms with Crippen LogP contribution < -0.4 is 15.5 Å². The predicted molar refractivity (Wildman–Crippen MR) is 99.7 cm³/mol. The summed E-state index contributed by atoms with van der Waals surface area (Å²) in [5.41, 5.74) is 0.257. The van der Waals surface area contributed by atoms with Gasteiger partial charge in [0.15, 0.2) is 11.5 Å². The fourth-order valence-electron chi connectivity index (χ4n) is 3.05. The van der Waals surface area contributed by atoms with Gasteiger partial charge in [0, 0.05) is 32.0 Å². The lowest BCUT2D eigenvalue weighted by Crippen LogP contribution is -2.42. The van der Waals surface area contributed by atoms with Crippen molar-refractivity contribution in [2.24, 2.45) is 5.92 Å². The van der Waals surface area contributed by atoms with Crippen molar-refractivity contribution >= 4 is 23.3 Å². The molecular formula is C19H19FN6O2. The lowest BCUT2D eigenvalue weighted by Gasteiger charge is -2.32. The van der Waals surface area contributed by atoms with Gasteiger partial charge >= 0.3 is 11.8 Å². The topological polar surface area (TPSA) is 111 Å². The van der Waals surface area contributed by atoms with Gasteiger partial charge < -0.3 is 15.5 Å². The summed E-state index contributed by atoms with van der Waals surface area (Å²) in [4.78, 5) is 34.1. The van der Waals surface area contributed by atoms with Crippen molar-refractivity contribution in [3.8, 4) is 6.07 Å². The molecule has 2 amide bonds. The molecule has 1 aromatic heterocycles. The number of benzene rings is 1. The lowest BCUT2D eigenvalue weighted by molar-refractivity contribution is -0.136. The van der Waals surface area contributed by atoms with Crippen molar-refractivity contribution in [1.29, 1.82) is 5.26 Å². The number of carbonyl (C=O) groups is 2. The number of hydrogen-bond acceptors (Lipinski definition) is 6. The highest BCUT2D eigenvalue weighted by atomic mass is 19.1. The molecule has 0 radical (unpaired) electrons. The Bertz CT molecular complexity index is 905. The van der Waals surface area contributed by atoms with Crippen LogP contribution in [0.3, 0.4) is 0 Å². The first-order valence-corrected chi connectivity index (χ1v) is 8.88. The average Bonchev–Trinajstić information content (AvgIpc) is 2.74. The largest absolute Gasteiger partial charge is 0.354 e. The van der Waals surface area contributed by atoms with Gasteiger partial charge in [-0.2, -0.15) is 5.26 Å². The molecule has 1 aliphatic rings. The Kier molecular flexibility index (Phi) is 6.11. The third kappa shape index (κ3) is 4.59. The van der Waals surface area contributed by atoms with Gasteiger partial charge in [0.05, 0.1) is 5.69 Å². The highest BCUT2D eigenvalue weighted by molar-refractivity contribution is 6.39. The van der Waals surface area contributed by atoms with E-state index in [1.807, 2.05) is 11.0 Å². The third-order valence-corrected chi connectivity index (χ3v) is 4.58. The van der Waals surface area contributed by atoms with Gasteiger partial charge in [-0.05, 0) is 30.9 Å². The standard InChI is InChI=1S/C19H19FN6O2/c20-14-3-1-2-4-15(14)25-19(28)18(27)24-12-13-5-9-26(10-6-13)17-16(11-21)22-7-8-23-17/h1-4,7-8,13H,5-6,9-10,12H2,(H,24,27)(H,25,28). The second-order valence-electron chi connectivity index (χ2n) is 6.41. The minimum atomic E-state index is -0.902. The fourth-order valence-corrected chi connectivity index (χ4v) is 3.05. The number of carbonyl (C=O) groups excluding carboxylic acids is 2. The molecule has 2 N–H and O–H groups in total. The van der Waals surface area contributed by atoms with Crippen molar-refractivity contribution in [3.05, 3.63) is 48.2 Å². The Morgan fingerprint density at radius 2 is 1.89 bits per heavy atom. The highest BCUT2D eigenvalue weighted by Gasteiger charge is 2.24. The molecule has 2 heterocycles. The Labute approximate surface area is 161 Å². The molecule has 8 nitrogen and oxygen atoms in total. The normalized spacial score (nSPS) is 14.2. The Balaban J connectivity index is 1.46. The average molecular weight is 382 g/mol. The zero-order chi connectivity index (χ0) is 19.9. The van der Waals surface area contributed by atoms with E-state index in [9.17, 15) is 14.0 Å². The molecule has 1 saturated heterocycles. The summed E-state index contributed by atoms with van der Waals surface area (Å²) < 4.78 is 13.5. The van der Waals surface area contributed by atoms with Crippen LogP contribution in [-0.2, 0) is 9.59 Å². The van der Waals surface area contributed by atoms with E-state index < -0.39 is 17.6 Å². The van der Waals surface area contributed by atoms with E-state index in [4.69, 9.17) is 5.26 Å². The molecule has 0 atom stereocenters. The minimum absolute atomic E-state index is 0.0341. The van der Waals surface area contributed by atoms with Crippen molar-refractivity contribution < 1.29 is 14.0 Å². The number of nitrogens with one attached hydrogen (secondary N) is 2. The Morgan fingerprint density at radius 1 is 1.18 bits per heavy atom. The quantitative estimate of drug-likeness (QED) is 0.775. The van der Waals surface area contributed by atoms with Crippen molar-refractivity contribution in [1.82, 2.24) is 15.3 Å². The maximum Gasteiger partial charge on any atom is 0.313 e. The molecule has 0 unspecified atom stereocenters. The number of para-hydroxylation sites is 1. The number of halogens is 1. The van der Waals surface area contributed by atoms with Crippen LogP contribution in [0.5, 0.6) is 0 Å². The summed E-state index contributed by atoms with van der Waals surface area (Å²) in [5.74, 6) is -1.54. The van der Waals surface area contributed by atoms with Gasteiger partial charge in [-0.1, -0.05) is 12.1 Å². The summed E-state index contributed by atoms with van der Waals surface area (Å²) in [7, 11) is 0. The maximum atomic E-state index is 13.5. The Morgan fingerprint density at radius 3 is 2.61 bits per heavy atom. The number of aromatic nitrogens is 2. The summed E-state index contributed by atoms with van der Waals surface area (Å²) >= 11 is 0. The molecule has 0 saturated carbocycles. The van der Waals surface area contributed by atoms with Gasteiger partial charge in [0.2, 0.25) is 0 Å². The first-order chi connectivity index (χ1) is 13.6. The summed E-state index contributed by atoms with van der Waals surface area (Å²) in [6.07, 6.45) is 4.58. The number of rotatable bonds is 4. The fraction of sp³-hybridized carbons (Fsp3) is 0.316. The first-order valence-electron chi connectivity index (χ1n) is 8.88. The van der Waals surface area contributed by atoms with E-state index in [1.54, 1.807) is 12.3 Å². The molecule has 9 heteroatoms. The highest BCUT2D eigenvalue weighted by Crippen LogP contribution is 2.22. The SMILES string of the molecule is N#Cc1nccnc1N1CCC(CNC(=O)C(=O)Nc2ccccc2F)CC1. The number of nitriles is 1. The van der Waals surface area contributed by atoms with E-state index in [2.05, 4.69) is 20.6 Å². The molecule has 0 spiro atoms. The monoisotopic (exact) mass is 382 g/mol. The molecule has 0 aliphatic carbocycles. The summed E-state index contributed by atoms with van der Waals surface area (Å²) in [6, 6.07) is 7.70. The number of nitrogens with zero attached hydrogens (tertiary/aromatic N) is 4. The van der Waals surface area contributed by atoms with Gasteiger partial charge in [-0.3, -0.25) is 9.59 Å². The molecule has 1 aliphatic heterocycles. The molecule has 1 aromatic carbocycles. The van der Waals surface area contributed by atoms with E-state index in [1.165, 1.54) is 24.4 Å². The molecule has 0 bridgehead atoms. The second-order valence-corrected chi connectivity index (χ2v) is 6.41. The third-order valence-electron chi connectivity index (χ3n) is 4.58. The summed E-state index contributed by atoms with van der Waals surface area (Å²) in [5, 5.41) is 14.0. The number of piperidine rings is 1. The number of hydrogen-bond donors (Lipinski definition) is 2. The van der Waals surface area contributed by atoms with Crippen molar-refractivity contribution in [2.75, 3.05) is 29.9 Å². The predicted octanol–water partition coefficient (Wildman–Crippen LogP) is 1.46. The van der Waals surface area contributed by atoms with Crippen LogP contribution in [0.2, 0.25) is 0 Å². The van der Waals surface area contributed by atoms with Crippen LogP contribution in [0.1, 0.15) is 18.5 Å². The zero-order valence-corrected chi connectivity index (χ0v) is 15.1. The van der Waals surface area contributed by atoms with Gasteiger partial charge in [0.25, 0.3) is 0 Å². The van der Waals surface area contributed by atoms with Crippen LogP contribution in [0.4, 0.5) is 15.9 Å². The number of amides is 2. The smallest absolute Gasteiger partial charge is 0.313 e. The first kappa shape index (κ1) is 19.2. The van der Waals surface area contributed by atoms with Crippen molar-refractivity contribution in [2.45, 2.75) is 12.8 Å². The lowest BCUT2D eigenvalue weighted by atomic mass is 9.96. The minimum Gasteiger partial charge on any atom is -0.354 e. The molecule has 3 rings (SSSR count). The molecule has 28 heavy (non-hydrogen) atoms. The zero-order valence-electron chi connectivity index (χ0n) is 15.1. The molecule has 144 valence electrons. The van der Waals surface area contributed by atoms with Crippen LogP contribution in [0.15, 0.2) is 36.7 Å². The van der Waals surface area contributed by atoms with Gasteiger partial charge in [-0.25, -0.2) is 14.4 Å². The van der Waals surface area contributed by atoms with Crippen LogP contribution >= 0.6 is 0 Å². The number of anilines is 2. The summed E-state index contributed by atoms with van der Waals surface area (Å²) in [6.45, 7) is 1.70. The van der Waals surface area contributed by atoms with Gasteiger partial charge in [-0.15, -0.1) is 0 Å². The van der Waals surface area contributed by atoms with E-state index in [0.717, 1.165) is 12.8 Å². The van der Waals surface area contributed by atoms with E-state index >= 15 is 0 Å². The van der Waals surface area contributed by atoms with Crippen LogP contribution in [0.25, 0.3) is 0 Å². The Hall–Kier alpha value is -3.54. The van der Waals surface area contributed by atoms with Crippen LogP contribution in [-0.4, -0.2) is 41.4 Å². The van der Waals surface area contributed by atoms with E-state index in [-0.39, 0.29) is 11.6 Å². The van der Waals surface area contributed by atoms with E-state index in [0.29, 0.717) is 31.1 Å². The molecule has 1 fully saturated rings. The molecule has 2 aromatic rings. The van der Waals surface area contributed by atoms with Gasteiger partial charge in [0.1, 0.15) is 11.9 Å². The second kappa shape index (κ2) is 8.90.